The molecule has 2 aromatic carbocycles. The maximum absolute atomic E-state index is 12.7. The SMILES string of the molecule is Cc1cccc(OC(C)C(=O)Nc2c(C(C)C)cccc2C(C)C)c1. The summed E-state index contributed by atoms with van der Waals surface area (Å²) in [7, 11) is 0. The summed E-state index contributed by atoms with van der Waals surface area (Å²) in [5.74, 6) is 1.25. The van der Waals surface area contributed by atoms with Crippen molar-refractivity contribution in [3.63, 3.8) is 0 Å². The van der Waals surface area contributed by atoms with E-state index < -0.39 is 6.10 Å². The van der Waals surface area contributed by atoms with Crippen LogP contribution in [0.3, 0.4) is 0 Å². The van der Waals surface area contributed by atoms with Gasteiger partial charge in [-0.1, -0.05) is 58.0 Å². The summed E-state index contributed by atoms with van der Waals surface area (Å²) in [6.45, 7) is 12.4. The molecule has 2 aromatic rings. The van der Waals surface area contributed by atoms with Gasteiger partial charge in [0.25, 0.3) is 5.91 Å². The van der Waals surface area contributed by atoms with Crippen LogP contribution in [0.5, 0.6) is 5.75 Å². The molecule has 0 spiro atoms. The number of anilines is 1. The molecule has 0 aliphatic heterocycles. The Labute approximate surface area is 151 Å². The van der Waals surface area contributed by atoms with Crippen molar-refractivity contribution >= 4 is 11.6 Å². The zero-order chi connectivity index (χ0) is 18.6. The molecule has 0 heterocycles. The van der Waals surface area contributed by atoms with Gasteiger partial charge in [-0.3, -0.25) is 4.79 Å². The Morgan fingerprint density at radius 3 is 2.00 bits per heavy atom. The molecule has 1 amide bonds. The van der Waals surface area contributed by atoms with Crippen LogP contribution >= 0.6 is 0 Å². The van der Waals surface area contributed by atoms with E-state index in [2.05, 4.69) is 51.2 Å². The van der Waals surface area contributed by atoms with Gasteiger partial charge >= 0.3 is 0 Å². The number of amides is 1. The first-order chi connectivity index (χ1) is 11.8. The van der Waals surface area contributed by atoms with Crippen molar-refractivity contribution in [2.24, 2.45) is 0 Å². The quantitative estimate of drug-likeness (QED) is 0.739. The third-order valence-electron chi connectivity index (χ3n) is 4.29. The minimum Gasteiger partial charge on any atom is -0.481 e. The number of hydrogen-bond acceptors (Lipinski definition) is 2. The van der Waals surface area contributed by atoms with Crippen molar-refractivity contribution in [1.29, 1.82) is 0 Å². The second-order valence-electron chi connectivity index (χ2n) is 7.19. The van der Waals surface area contributed by atoms with Crippen LogP contribution in [-0.2, 0) is 4.79 Å². The Balaban J connectivity index is 2.21. The number of hydrogen-bond donors (Lipinski definition) is 1. The number of rotatable bonds is 6. The molecule has 2 rings (SSSR count). The Morgan fingerprint density at radius 2 is 1.48 bits per heavy atom. The predicted octanol–water partition coefficient (Wildman–Crippen LogP) is 5.65. The van der Waals surface area contributed by atoms with Gasteiger partial charge in [-0.25, -0.2) is 0 Å². The number of nitrogens with one attached hydrogen (secondary N) is 1. The molecule has 0 saturated carbocycles. The molecule has 0 bridgehead atoms. The highest BCUT2D eigenvalue weighted by Crippen LogP contribution is 2.32. The molecule has 0 saturated heterocycles. The highest BCUT2D eigenvalue weighted by atomic mass is 16.5. The van der Waals surface area contributed by atoms with Crippen molar-refractivity contribution in [2.75, 3.05) is 5.32 Å². The molecule has 1 N–H and O–H groups in total. The third-order valence-corrected chi connectivity index (χ3v) is 4.29. The normalized spacial score (nSPS) is 12.3. The largest absolute Gasteiger partial charge is 0.481 e. The summed E-state index contributed by atoms with van der Waals surface area (Å²) < 4.78 is 5.82. The summed E-state index contributed by atoms with van der Waals surface area (Å²) >= 11 is 0. The van der Waals surface area contributed by atoms with Gasteiger partial charge in [-0.2, -0.15) is 0 Å². The van der Waals surface area contributed by atoms with Crippen LogP contribution in [0.1, 0.15) is 63.1 Å². The Kier molecular flexibility index (Phi) is 6.24. The minimum absolute atomic E-state index is 0.128. The number of para-hydroxylation sites is 1. The van der Waals surface area contributed by atoms with E-state index >= 15 is 0 Å². The first-order valence-electron chi connectivity index (χ1n) is 8.96. The van der Waals surface area contributed by atoms with E-state index in [0.29, 0.717) is 17.6 Å². The number of benzene rings is 2. The first-order valence-corrected chi connectivity index (χ1v) is 8.96. The maximum atomic E-state index is 12.7. The molecule has 1 atom stereocenters. The van der Waals surface area contributed by atoms with Gasteiger partial charge in [0.15, 0.2) is 6.10 Å². The lowest BCUT2D eigenvalue weighted by atomic mass is 9.92. The molecular formula is C22H29NO2. The lowest BCUT2D eigenvalue weighted by Gasteiger charge is -2.22. The fourth-order valence-electron chi connectivity index (χ4n) is 2.87. The van der Waals surface area contributed by atoms with Gasteiger partial charge in [0.05, 0.1) is 0 Å². The molecule has 0 aliphatic carbocycles. The van der Waals surface area contributed by atoms with E-state index in [-0.39, 0.29) is 5.91 Å². The maximum Gasteiger partial charge on any atom is 0.265 e. The summed E-state index contributed by atoms with van der Waals surface area (Å²) in [6.07, 6.45) is -0.568. The predicted molar refractivity (Wildman–Crippen MR) is 105 cm³/mol. The summed E-state index contributed by atoms with van der Waals surface area (Å²) in [5, 5.41) is 3.11. The molecule has 0 aliphatic rings. The van der Waals surface area contributed by atoms with Gasteiger partial charge in [0, 0.05) is 5.69 Å². The van der Waals surface area contributed by atoms with Gasteiger partial charge in [-0.05, 0) is 54.5 Å². The van der Waals surface area contributed by atoms with Crippen molar-refractivity contribution in [2.45, 2.75) is 59.5 Å². The molecule has 1 unspecified atom stereocenters. The number of ether oxygens (including phenoxy) is 1. The van der Waals surface area contributed by atoms with Crippen molar-refractivity contribution < 1.29 is 9.53 Å². The van der Waals surface area contributed by atoms with E-state index in [1.807, 2.05) is 31.2 Å². The molecular weight excluding hydrogens is 310 g/mol. The lowest BCUT2D eigenvalue weighted by Crippen LogP contribution is -2.31. The van der Waals surface area contributed by atoms with Crippen LogP contribution in [0.15, 0.2) is 42.5 Å². The average molecular weight is 339 g/mol. The van der Waals surface area contributed by atoms with E-state index in [1.54, 1.807) is 6.92 Å². The van der Waals surface area contributed by atoms with Gasteiger partial charge in [0.1, 0.15) is 5.75 Å². The fraction of sp³-hybridized carbons (Fsp3) is 0.409. The summed E-state index contributed by atoms with van der Waals surface area (Å²) in [5.41, 5.74) is 4.35. The Bertz CT molecular complexity index is 708. The zero-order valence-corrected chi connectivity index (χ0v) is 16.1. The molecule has 3 nitrogen and oxygen atoms in total. The molecule has 0 aromatic heterocycles. The molecule has 3 heteroatoms. The van der Waals surface area contributed by atoms with Crippen LogP contribution in [0.4, 0.5) is 5.69 Å². The van der Waals surface area contributed by atoms with Crippen molar-refractivity contribution in [1.82, 2.24) is 0 Å². The monoisotopic (exact) mass is 339 g/mol. The van der Waals surface area contributed by atoms with Crippen LogP contribution < -0.4 is 10.1 Å². The highest BCUT2D eigenvalue weighted by molar-refractivity contribution is 5.95. The highest BCUT2D eigenvalue weighted by Gasteiger charge is 2.20. The third kappa shape index (κ3) is 4.85. The molecule has 0 fully saturated rings. The second-order valence-corrected chi connectivity index (χ2v) is 7.19. The van der Waals surface area contributed by atoms with E-state index in [4.69, 9.17) is 4.74 Å². The number of aryl methyl sites for hydroxylation is 1. The molecule has 134 valence electrons. The molecule has 0 radical (unpaired) electrons. The smallest absolute Gasteiger partial charge is 0.265 e. The van der Waals surface area contributed by atoms with E-state index in [1.165, 1.54) is 0 Å². The van der Waals surface area contributed by atoms with E-state index in [0.717, 1.165) is 22.4 Å². The van der Waals surface area contributed by atoms with Crippen LogP contribution in [-0.4, -0.2) is 12.0 Å². The number of carbonyl (C=O) groups is 1. The number of carbonyl (C=O) groups excluding carboxylic acids is 1. The zero-order valence-electron chi connectivity index (χ0n) is 16.1. The van der Waals surface area contributed by atoms with Crippen LogP contribution in [0.25, 0.3) is 0 Å². The van der Waals surface area contributed by atoms with E-state index in [9.17, 15) is 4.79 Å². The topological polar surface area (TPSA) is 38.3 Å². The summed E-state index contributed by atoms with van der Waals surface area (Å²) in [4.78, 5) is 12.7. The summed E-state index contributed by atoms with van der Waals surface area (Å²) in [6, 6.07) is 14.0. The van der Waals surface area contributed by atoms with Gasteiger partial charge < -0.3 is 10.1 Å². The first kappa shape index (κ1) is 19.0. The Morgan fingerprint density at radius 1 is 0.920 bits per heavy atom. The Hall–Kier alpha value is -2.29. The molecule has 25 heavy (non-hydrogen) atoms. The van der Waals surface area contributed by atoms with Crippen molar-refractivity contribution in [3.05, 3.63) is 59.2 Å². The van der Waals surface area contributed by atoms with Crippen molar-refractivity contribution in [3.8, 4) is 5.75 Å². The second kappa shape index (κ2) is 8.19. The van der Waals surface area contributed by atoms with Gasteiger partial charge in [0.2, 0.25) is 0 Å². The minimum atomic E-state index is -0.568. The lowest BCUT2D eigenvalue weighted by molar-refractivity contribution is -0.122. The standard InChI is InChI=1S/C22H29NO2/c1-14(2)19-11-8-12-20(15(3)4)21(19)23-22(24)17(6)25-18-10-7-9-16(5)13-18/h7-15,17H,1-6H3,(H,23,24). The van der Waals surface area contributed by atoms with Gasteiger partial charge in [-0.15, -0.1) is 0 Å². The fourth-order valence-corrected chi connectivity index (χ4v) is 2.87. The van der Waals surface area contributed by atoms with Crippen LogP contribution in [0.2, 0.25) is 0 Å². The van der Waals surface area contributed by atoms with Crippen LogP contribution in [0, 0.1) is 6.92 Å². The average Bonchev–Trinajstić information content (AvgIpc) is 2.54.